The maximum Gasteiger partial charge on any atom is 0.214 e. The van der Waals surface area contributed by atoms with E-state index in [0.29, 0.717) is 37.1 Å². The Hall–Kier alpha value is -9.02. The van der Waals surface area contributed by atoms with Crippen molar-refractivity contribution in [2.45, 2.75) is 73.4 Å². The molecule has 15 heteroatoms. The van der Waals surface area contributed by atoms with Gasteiger partial charge in [-0.3, -0.25) is 14.8 Å². The quantitative estimate of drug-likeness (QED) is 0.0258. The van der Waals surface area contributed by atoms with Crippen molar-refractivity contribution in [2.24, 2.45) is 0 Å². The molecule has 10 rings (SSSR count). The Morgan fingerprint density at radius 1 is 0.658 bits per heavy atom. The minimum atomic E-state index is 0. The monoisotopic (exact) mass is 1010 g/mol. The third kappa shape index (κ3) is 14.6. The molecule has 4 heterocycles. The number of nitrogens with two attached hydrogens (primary N) is 3. The number of nitrogen functional groups attached to an aromatic ring is 3. The Bertz CT molecular complexity index is 3650. The summed E-state index contributed by atoms with van der Waals surface area (Å²) >= 11 is 0. The molecular formula is C61H65BN11O3. The number of nitriles is 1. The molecule has 4 aromatic heterocycles. The molecule has 0 aliphatic rings. The van der Waals surface area contributed by atoms with E-state index >= 15 is 0 Å². The van der Waals surface area contributed by atoms with Crippen LogP contribution in [0.15, 0.2) is 146 Å². The van der Waals surface area contributed by atoms with Crippen molar-refractivity contribution in [1.82, 2.24) is 29.1 Å². The number of aryl methyl sites for hydroxylation is 4. The molecule has 6 aromatic carbocycles. The van der Waals surface area contributed by atoms with Crippen LogP contribution in [0.3, 0.4) is 0 Å². The maximum atomic E-state index is 11.0. The summed E-state index contributed by atoms with van der Waals surface area (Å²) < 4.78 is 3.97. The van der Waals surface area contributed by atoms with Gasteiger partial charge in [-0.1, -0.05) is 93.1 Å². The Kier molecular flexibility index (Phi) is 20.6. The third-order valence-corrected chi connectivity index (χ3v) is 12.4. The molecule has 10 aromatic rings. The van der Waals surface area contributed by atoms with Crippen molar-refractivity contribution >= 4 is 80.7 Å². The fourth-order valence-corrected chi connectivity index (χ4v) is 8.65. The van der Waals surface area contributed by atoms with Gasteiger partial charge in [-0.15, -0.1) is 5.82 Å². The number of carbonyl (C=O) groups is 1. The SMILES string of the molecule is C.C[B]C#CC#N.Cc1ccc(CCCO)c(N)c1.Cc1ccc(CCCO)c(NCc2ccc3nc(N)n(Cc4cccc5cccnc45)c3c2)c1.Nc1nc2ccc(C=O)cc2n1Cc1cccc2cccnc12. The molecule has 0 atom stereocenters. The molecule has 0 aliphatic carbocycles. The summed E-state index contributed by atoms with van der Waals surface area (Å²) in [7, 11) is 1.63. The number of hydrogen-bond donors (Lipinski definition) is 6. The molecule has 385 valence electrons. The van der Waals surface area contributed by atoms with Crippen LogP contribution in [0.4, 0.5) is 23.3 Å². The second-order valence-corrected chi connectivity index (χ2v) is 17.8. The number of rotatable bonds is 14. The zero-order valence-corrected chi connectivity index (χ0v) is 42.5. The number of aromatic nitrogens is 6. The molecule has 0 aliphatic heterocycles. The lowest BCUT2D eigenvalue weighted by Crippen LogP contribution is -2.06. The molecule has 14 nitrogen and oxygen atoms in total. The standard InChI is InChI=1S/C28H29N5O.C18H14N4O.C10H15NO.C4H3BN.CH4/c1-19-9-11-21(8-4-14-34)25(15-19)31-17-20-10-12-24-26(16-20)33(28(29)32-24)18-23-6-2-5-22-7-3-13-30-27(22)23;19-18-21-15-7-6-12(11-23)9-16(15)22(18)10-14-4-1-3-13-5-2-8-20-17(13)14;1-8-4-5-9(3-2-6-12)10(11)7-8;1-5-3-2-4-6;/h2-3,5-7,9-13,15-16,31,34H,4,8,14,17-18H2,1H3,(H2,29,32);1-9,11H,10H2,(H2,19,21);4-5,7,12H,2-3,6,11H2,1H3;1H3;1H4. The average molecular weight is 1010 g/mol. The van der Waals surface area contributed by atoms with Crippen molar-refractivity contribution in [1.29, 1.82) is 5.26 Å². The molecule has 0 bridgehead atoms. The number of nitrogens with zero attached hydrogens (tertiary/aromatic N) is 7. The first-order valence-corrected chi connectivity index (χ1v) is 24.7. The number of aliphatic hydroxyl groups is 2. The number of fused-ring (bicyclic) bond motifs is 4. The summed E-state index contributed by atoms with van der Waals surface area (Å²) in [6.07, 6.45) is 7.69. The highest BCUT2D eigenvalue weighted by Crippen LogP contribution is 2.27. The van der Waals surface area contributed by atoms with Gasteiger partial charge in [-0.25, -0.2) is 9.97 Å². The number of anilines is 4. The largest absolute Gasteiger partial charge is 0.398 e. The lowest BCUT2D eigenvalue weighted by Gasteiger charge is -2.14. The summed E-state index contributed by atoms with van der Waals surface area (Å²) in [6, 6.07) is 46.1. The van der Waals surface area contributed by atoms with Crippen LogP contribution in [0.5, 0.6) is 0 Å². The first kappa shape index (κ1) is 56.3. The Labute approximate surface area is 445 Å². The van der Waals surface area contributed by atoms with Crippen LogP contribution in [-0.2, 0) is 32.5 Å². The number of pyridine rings is 2. The number of hydrogen-bond acceptors (Lipinski definition) is 12. The predicted octanol–water partition coefficient (Wildman–Crippen LogP) is 10.4. The van der Waals surface area contributed by atoms with E-state index in [2.05, 4.69) is 103 Å². The molecule has 0 amide bonds. The average Bonchev–Trinajstić information content (AvgIpc) is 3.92. The molecular weight excluding hydrogens is 946 g/mol. The first-order valence-electron chi connectivity index (χ1n) is 24.7. The van der Waals surface area contributed by atoms with Gasteiger partial charge in [0, 0.05) is 65.8 Å². The van der Waals surface area contributed by atoms with Gasteiger partial charge < -0.3 is 41.9 Å². The van der Waals surface area contributed by atoms with E-state index in [-0.39, 0.29) is 20.6 Å². The zero-order chi connectivity index (χ0) is 53.1. The number of aliphatic hydroxyl groups excluding tert-OH is 2. The minimum Gasteiger partial charge on any atom is -0.398 e. The molecule has 0 spiro atoms. The zero-order valence-electron chi connectivity index (χ0n) is 42.5. The highest BCUT2D eigenvalue weighted by molar-refractivity contribution is 6.44. The van der Waals surface area contributed by atoms with Gasteiger partial charge in [0.2, 0.25) is 19.2 Å². The number of aldehydes is 1. The smallest absolute Gasteiger partial charge is 0.214 e. The lowest BCUT2D eigenvalue weighted by molar-refractivity contribution is 0.112. The van der Waals surface area contributed by atoms with E-state index in [1.165, 1.54) is 16.7 Å². The second kappa shape index (κ2) is 27.9. The lowest BCUT2D eigenvalue weighted by atomic mass is 9.84. The van der Waals surface area contributed by atoms with E-state index in [1.54, 1.807) is 32.4 Å². The highest BCUT2D eigenvalue weighted by atomic mass is 16.3. The van der Waals surface area contributed by atoms with E-state index in [1.807, 2.05) is 90.5 Å². The Morgan fingerprint density at radius 2 is 1.20 bits per heavy atom. The number of para-hydroxylation sites is 2. The number of nitrogens with one attached hydrogen (secondary N) is 1. The van der Waals surface area contributed by atoms with Gasteiger partial charge in [-0.2, -0.15) is 5.26 Å². The maximum absolute atomic E-state index is 11.0. The van der Waals surface area contributed by atoms with Crippen LogP contribution in [-0.4, -0.2) is 66.1 Å². The Balaban J connectivity index is 0.000000191. The van der Waals surface area contributed by atoms with Gasteiger partial charge in [0.05, 0.1) is 46.2 Å². The predicted molar refractivity (Wildman–Crippen MR) is 312 cm³/mol. The van der Waals surface area contributed by atoms with Gasteiger partial charge >= 0.3 is 0 Å². The molecule has 9 N–H and O–H groups in total. The van der Waals surface area contributed by atoms with Crippen molar-refractivity contribution in [3.63, 3.8) is 0 Å². The first-order chi connectivity index (χ1) is 36.5. The second-order valence-electron chi connectivity index (χ2n) is 17.8. The summed E-state index contributed by atoms with van der Waals surface area (Å²) in [5, 5.41) is 31.4. The fourth-order valence-electron chi connectivity index (χ4n) is 8.65. The number of imidazole rings is 2. The van der Waals surface area contributed by atoms with Crippen LogP contribution in [0.1, 0.15) is 69.6 Å². The van der Waals surface area contributed by atoms with E-state index in [9.17, 15) is 9.90 Å². The van der Waals surface area contributed by atoms with Crippen LogP contribution >= 0.6 is 0 Å². The molecule has 0 saturated carbocycles. The normalized spacial score (nSPS) is 10.4. The summed E-state index contributed by atoms with van der Waals surface area (Å²) in [6.45, 7) is 8.17. The van der Waals surface area contributed by atoms with Crippen molar-refractivity contribution in [3.05, 3.63) is 190 Å². The molecule has 1 radical (unpaired) electrons. The minimum absolute atomic E-state index is 0. The van der Waals surface area contributed by atoms with Crippen molar-refractivity contribution in [3.8, 4) is 17.8 Å². The van der Waals surface area contributed by atoms with Gasteiger partial charge in [-0.05, 0) is 133 Å². The van der Waals surface area contributed by atoms with Gasteiger partial charge in [0.1, 0.15) is 6.29 Å². The third-order valence-electron chi connectivity index (χ3n) is 12.4. The van der Waals surface area contributed by atoms with Crippen molar-refractivity contribution < 1.29 is 15.0 Å². The van der Waals surface area contributed by atoms with E-state index in [4.69, 9.17) is 27.6 Å². The summed E-state index contributed by atoms with van der Waals surface area (Å²) in [4.78, 5) is 29.0. The summed E-state index contributed by atoms with van der Waals surface area (Å²) in [5.74, 6) is 5.58. The van der Waals surface area contributed by atoms with Crippen LogP contribution in [0, 0.1) is 36.9 Å². The van der Waals surface area contributed by atoms with Crippen molar-refractivity contribution in [2.75, 3.05) is 35.7 Å². The van der Waals surface area contributed by atoms with Gasteiger partial charge in [0.25, 0.3) is 0 Å². The topological polar surface area (TPSA) is 233 Å². The van der Waals surface area contributed by atoms with Crippen LogP contribution in [0.2, 0.25) is 6.82 Å². The number of carbonyl (C=O) groups excluding carboxylic acids is 1. The molecule has 76 heavy (non-hydrogen) atoms. The summed E-state index contributed by atoms with van der Waals surface area (Å²) in [5.41, 5.74) is 34.3. The molecule has 0 fully saturated rings. The Morgan fingerprint density at radius 3 is 1.74 bits per heavy atom. The van der Waals surface area contributed by atoms with Crippen LogP contribution in [0.25, 0.3) is 43.9 Å². The molecule has 0 unspecified atom stereocenters. The number of benzene rings is 6. The van der Waals surface area contributed by atoms with Gasteiger partial charge in [0.15, 0.2) is 6.07 Å². The molecule has 0 saturated heterocycles. The van der Waals surface area contributed by atoms with E-state index in [0.717, 1.165) is 109 Å². The van der Waals surface area contributed by atoms with E-state index < -0.39 is 0 Å². The van der Waals surface area contributed by atoms with Crippen LogP contribution < -0.4 is 22.5 Å². The highest BCUT2D eigenvalue weighted by Gasteiger charge is 2.14. The fraction of sp³-hybridized carbons (Fsp3) is 0.213.